The van der Waals surface area contributed by atoms with Gasteiger partial charge in [0.1, 0.15) is 6.54 Å². The first-order valence-corrected chi connectivity index (χ1v) is 8.78. The molecule has 8 nitrogen and oxygen atoms in total. The second-order valence-corrected chi connectivity index (χ2v) is 6.28. The Morgan fingerprint density at radius 1 is 1.25 bits per heavy atom. The molecule has 0 aromatic rings. The number of hydrogen-bond donors (Lipinski definition) is 4. The van der Waals surface area contributed by atoms with Gasteiger partial charge in [0.25, 0.3) is 0 Å². The van der Waals surface area contributed by atoms with E-state index in [0.717, 1.165) is 19.5 Å². The minimum absolute atomic E-state index is 0.0704. The zero-order chi connectivity index (χ0) is 17.8. The maximum Gasteiger partial charge on any atom is 0.241 e. The summed E-state index contributed by atoms with van der Waals surface area (Å²) >= 11 is 0. The lowest BCUT2D eigenvalue weighted by atomic mass is 10.1. The summed E-state index contributed by atoms with van der Waals surface area (Å²) in [6.07, 6.45) is 0.901. The number of hydrogen-bond acceptors (Lipinski definition) is 5. The first-order chi connectivity index (χ1) is 11.5. The van der Waals surface area contributed by atoms with Gasteiger partial charge in [-0.2, -0.15) is 0 Å². The highest BCUT2D eigenvalue weighted by Crippen LogP contribution is 2.07. The van der Waals surface area contributed by atoms with Crippen molar-refractivity contribution < 1.29 is 14.6 Å². The number of rotatable bonds is 9. The highest BCUT2D eigenvalue weighted by atomic mass is 16.5. The van der Waals surface area contributed by atoms with Crippen LogP contribution in [-0.4, -0.2) is 86.5 Å². The minimum atomic E-state index is -0.891. The third-order valence-electron chi connectivity index (χ3n) is 3.60. The van der Waals surface area contributed by atoms with Gasteiger partial charge >= 0.3 is 0 Å². The molecule has 0 bridgehead atoms. The summed E-state index contributed by atoms with van der Waals surface area (Å²) in [5.74, 6) is 0.431. The van der Waals surface area contributed by atoms with E-state index in [4.69, 9.17) is 4.74 Å². The number of carbonyl (C=O) groups is 1. The van der Waals surface area contributed by atoms with Crippen molar-refractivity contribution >= 4 is 11.9 Å². The number of ether oxygens (including phenoxy) is 1. The van der Waals surface area contributed by atoms with Gasteiger partial charge in [-0.1, -0.05) is 6.92 Å². The van der Waals surface area contributed by atoms with Crippen LogP contribution < -0.4 is 16.0 Å². The summed E-state index contributed by atoms with van der Waals surface area (Å²) in [6.45, 7) is 11.2. The van der Waals surface area contributed by atoms with Gasteiger partial charge in [0.2, 0.25) is 5.91 Å². The third-order valence-corrected chi connectivity index (χ3v) is 3.60. The molecule has 1 aliphatic heterocycles. The summed E-state index contributed by atoms with van der Waals surface area (Å²) in [5.41, 5.74) is -0.891. The van der Waals surface area contributed by atoms with E-state index in [9.17, 15) is 9.90 Å². The molecule has 0 radical (unpaired) electrons. The van der Waals surface area contributed by atoms with Gasteiger partial charge < -0.3 is 25.8 Å². The molecule has 140 valence electrons. The zero-order valence-corrected chi connectivity index (χ0v) is 15.2. The molecule has 0 aromatic heterocycles. The smallest absolute Gasteiger partial charge is 0.241 e. The summed E-state index contributed by atoms with van der Waals surface area (Å²) < 4.78 is 5.32. The molecule has 1 saturated heterocycles. The normalized spacial score (nSPS) is 18.8. The quantitative estimate of drug-likeness (QED) is 0.322. The summed E-state index contributed by atoms with van der Waals surface area (Å²) in [5, 5.41) is 19.6. The Balaban J connectivity index is 2.43. The highest BCUT2D eigenvalue weighted by molar-refractivity contribution is 5.84. The number of carbonyl (C=O) groups excluding carboxylic acids is 1. The summed E-state index contributed by atoms with van der Waals surface area (Å²) in [7, 11) is 0. The van der Waals surface area contributed by atoms with E-state index in [0.29, 0.717) is 45.4 Å². The lowest BCUT2D eigenvalue weighted by molar-refractivity contribution is -0.119. The van der Waals surface area contributed by atoms with E-state index in [1.807, 2.05) is 13.8 Å². The molecule has 4 N–H and O–H groups in total. The maximum absolute atomic E-state index is 11.6. The Morgan fingerprint density at radius 2 is 1.96 bits per heavy atom. The number of β-amino-alcohol motifs (C(OH)–C–C–N with tert-alkyl or cyclic N) is 1. The van der Waals surface area contributed by atoms with Crippen molar-refractivity contribution in [1.29, 1.82) is 0 Å². The van der Waals surface area contributed by atoms with Gasteiger partial charge in [0.15, 0.2) is 5.96 Å². The predicted octanol–water partition coefficient (Wildman–Crippen LogP) is -0.849. The monoisotopic (exact) mass is 343 g/mol. The SMILES string of the molecule is CCCNC(=O)CN=C(NCC)NCC(C)(O)CN1CCOCC1. The average Bonchev–Trinajstić information content (AvgIpc) is 2.56. The highest BCUT2D eigenvalue weighted by Gasteiger charge is 2.25. The molecule has 8 heteroatoms. The van der Waals surface area contributed by atoms with Crippen molar-refractivity contribution in [3.63, 3.8) is 0 Å². The van der Waals surface area contributed by atoms with E-state index < -0.39 is 5.60 Å². The van der Waals surface area contributed by atoms with Crippen LogP contribution in [0.5, 0.6) is 0 Å². The second-order valence-electron chi connectivity index (χ2n) is 6.28. The van der Waals surface area contributed by atoms with Crippen LogP contribution in [0.15, 0.2) is 4.99 Å². The molecule has 0 saturated carbocycles. The summed E-state index contributed by atoms with van der Waals surface area (Å²) in [6, 6.07) is 0. The average molecular weight is 343 g/mol. The number of guanidine groups is 1. The number of nitrogens with zero attached hydrogens (tertiary/aromatic N) is 2. The number of morpholine rings is 1. The van der Waals surface area contributed by atoms with Crippen molar-refractivity contribution in [3.05, 3.63) is 0 Å². The van der Waals surface area contributed by atoms with Crippen molar-refractivity contribution in [2.24, 2.45) is 4.99 Å². The second kappa shape index (κ2) is 11.2. The van der Waals surface area contributed by atoms with E-state index in [2.05, 4.69) is 25.8 Å². The Bertz CT molecular complexity index is 395. The molecule has 1 heterocycles. The predicted molar refractivity (Wildman–Crippen MR) is 95.2 cm³/mol. The van der Waals surface area contributed by atoms with Crippen LogP contribution in [0, 0.1) is 0 Å². The first-order valence-electron chi connectivity index (χ1n) is 8.78. The van der Waals surface area contributed by atoms with Gasteiger partial charge in [-0.25, -0.2) is 4.99 Å². The summed E-state index contributed by atoms with van der Waals surface area (Å²) in [4.78, 5) is 18.1. The van der Waals surface area contributed by atoms with Crippen LogP contribution in [-0.2, 0) is 9.53 Å². The van der Waals surface area contributed by atoms with Crippen LogP contribution in [0.4, 0.5) is 0 Å². The Labute approximate surface area is 145 Å². The fraction of sp³-hybridized carbons (Fsp3) is 0.875. The topological polar surface area (TPSA) is 98.2 Å². The van der Waals surface area contributed by atoms with Crippen LogP contribution >= 0.6 is 0 Å². The molecular weight excluding hydrogens is 310 g/mol. The molecule has 0 aliphatic carbocycles. The largest absolute Gasteiger partial charge is 0.387 e. The van der Waals surface area contributed by atoms with Crippen molar-refractivity contribution in [1.82, 2.24) is 20.9 Å². The van der Waals surface area contributed by atoms with E-state index in [-0.39, 0.29) is 12.5 Å². The standard InChI is InChI=1S/C16H33N5O3/c1-4-6-18-14(22)11-19-15(17-5-2)20-12-16(3,23)13-21-7-9-24-10-8-21/h23H,4-13H2,1-3H3,(H,18,22)(H2,17,19,20). The number of amides is 1. The van der Waals surface area contributed by atoms with Gasteiger partial charge in [-0.3, -0.25) is 9.69 Å². The Kier molecular flexibility index (Phi) is 9.66. The molecule has 1 atom stereocenters. The Morgan fingerprint density at radius 3 is 2.58 bits per heavy atom. The van der Waals surface area contributed by atoms with Gasteiger partial charge in [-0.05, 0) is 20.3 Å². The van der Waals surface area contributed by atoms with Crippen molar-refractivity contribution in [2.45, 2.75) is 32.8 Å². The molecule has 0 spiro atoms. The van der Waals surface area contributed by atoms with E-state index >= 15 is 0 Å². The molecule has 0 aromatic carbocycles. The van der Waals surface area contributed by atoms with E-state index in [1.165, 1.54) is 0 Å². The van der Waals surface area contributed by atoms with Crippen molar-refractivity contribution in [2.75, 3.05) is 59.0 Å². The minimum Gasteiger partial charge on any atom is -0.387 e. The van der Waals surface area contributed by atoms with Gasteiger partial charge in [0.05, 0.1) is 18.8 Å². The molecule has 1 aliphatic rings. The molecule has 1 unspecified atom stereocenters. The number of aliphatic imine (C=N–C) groups is 1. The zero-order valence-electron chi connectivity index (χ0n) is 15.2. The first kappa shape index (κ1) is 20.7. The number of aliphatic hydroxyl groups is 1. The molecule has 1 rings (SSSR count). The Hall–Kier alpha value is -1.38. The molecule has 1 amide bonds. The lowest BCUT2D eigenvalue weighted by Gasteiger charge is -2.34. The fourth-order valence-corrected chi connectivity index (χ4v) is 2.38. The lowest BCUT2D eigenvalue weighted by Crippen LogP contribution is -2.53. The molecule has 1 fully saturated rings. The third kappa shape index (κ3) is 9.05. The van der Waals surface area contributed by atoms with Crippen molar-refractivity contribution in [3.8, 4) is 0 Å². The maximum atomic E-state index is 11.6. The van der Waals surface area contributed by atoms with Gasteiger partial charge in [-0.15, -0.1) is 0 Å². The fourth-order valence-electron chi connectivity index (χ4n) is 2.38. The number of nitrogens with one attached hydrogen (secondary N) is 3. The van der Waals surface area contributed by atoms with E-state index in [1.54, 1.807) is 6.92 Å². The van der Waals surface area contributed by atoms with Crippen LogP contribution in [0.2, 0.25) is 0 Å². The van der Waals surface area contributed by atoms with Crippen LogP contribution in [0.3, 0.4) is 0 Å². The van der Waals surface area contributed by atoms with Crippen LogP contribution in [0.1, 0.15) is 27.2 Å². The molecular formula is C16H33N5O3. The van der Waals surface area contributed by atoms with Crippen LogP contribution in [0.25, 0.3) is 0 Å². The van der Waals surface area contributed by atoms with Gasteiger partial charge in [0, 0.05) is 39.3 Å². The molecule has 24 heavy (non-hydrogen) atoms.